The molecule has 0 saturated heterocycles. The van der Waals surface area contributed by atoms with Crippen molar-refractivity contribution >= 4 is 28.8 Å². The van der Waals surface area contributed by atoms with Crippen molar-refractivity contribution in [3.8, 4) is 0 Å². The van der Waals surface area contributed by atoms with Crippen molar-refractivity contribution in [3.63, 3.8) is 0 Å². The fraction of sp³-hybridized carbons (Fsp3) is 0.500. The summed E-state index contributed by atoms with van der Waals surface area (Å²) in [4.78, 5) is 27.8. The third-order valence-corrected chi connectivity index (χ3v) is 5.46. The van der Waals surface area contributed by atoms with Gasteiger partial charge in [-0.05, 0) is 43.9 Å². The van der Waals surface area contributed by atoms with Crippen LogP contribution in [-0.2, 0) is 14.9 Å². The van der Waals surface area contributed by atoms with Crippen LogP contribution in [-0.4, -0.2) is 36.5 Å². The van der Waals surface area contributed by atoms with E-state index in [1.54, 1.807) is 11.8 Å². The third-order valence-electron chi connectivity index (χ3n) is 4.18. The molecule has 0 unspecified atom stereocenters. The number of amides is 1. The van der Waals surface area contributed by atoms with E-state index in [1.165, 1.54) is 11.3 Å². The molecule has 4 nitrogen and oxygen atoms in total. The molecule has 0 N–H and O–H groups in total. The summed E-state index contributed by atoms with van der Waals surface area (Å²) in [7, 11) is 0. The molecule has 3 rings (SSSR count). The number of esters is 1. The molecule has 1 amide bonds. The lowest BCUT2D eigenvalue weighted by atomic mass is 9.91. The zero-order valence-corrected chi connectivity index (χ0v) is 13.2. The average molecular weight is 305 g/mol. The van der Waals surface area contributed by atoms with E-state index in [-0.39, 0.29) is 23.8 Å². The lowest BCUT2D eigenvalue weighted by molar-refractivity contribution is -0.143. The van der Waals surface area contributed by atoms with Crippen molar-refractivity contribution in [2.75, 3.05) is 19.7 Å². The van der Waals surface area contributed by atoms with Gasteiger partial charge in [-0.2, -0.15) is 0 Å². The van der Waals surface area contributed by atoms with Gasteiger partial charge in [-0.25, -0.2) is 0 Å². The highest BCUT2D eigenvalue weighted by Gasteiger charge is 2.52. The fourth-order valence-electron chi connectivity index (χ4n) is 2.89. The molecule has 2 aliphatic rings. The molecule has 1 aliphatic heterocycles. The van der Waals surface area contributed by atoms with Crippen molar-refractivity contribution < 1.29 is 14.3 Å². The Hall–Kier alpha value is -1.62. The van der Waals surface area contributed by atoms with Gasteiger partial charge in [-0.1, -0.05) is 6.58 Å². The van der Waals surface area contributed by atoms with Gasteiger partial charge in [-0.15, -0.1) is 11.3 Å². The molecule has 0 radical (unpaired) electrons. The van der Waals surface area contributed by atoms with E-state index in [4.69, 9.17) is 4.74 Å². The smallest absolute Gasteiger partial charge is 0.325 e. The summed E-state index contributed by atoms with van der Waals surface area (Å²) in [5.74, 6) is -0.380. The number of carbonyl (C=O) groups is 2. The normalized spacial score (nSPS) is 18.6. The van der Waals surface area contributed by atoms with Crippen molar-refractivity contribution in [3.05, 3.63) is 28.0 Å². The van der Waals surface area contributed by atoms with E-state index >= 15 is 0 Å². The topological polar surface area (TPSA) is 46.6 Å². The van der Waals surface area contributed by atoms with E-state index in [1.807, 2.05) is 6.92 Å². The van der Waals surface area contributed by atoms with Crippen LogP contribution >= 0.6 is 11.3 Å². The number of hydrogen-bond acceptors (Lipinski definition) is 4. The second kappa shape index (κ2) is 4.98. The molecule has 1 aliphatic carbocycles. The first kappa shape index (κ1) is 14.3. The second-order valence-electron chi connectivity index (χ2n) is 5.88. The Morgan fingerprint density at radius 1 is 1.52 bits per heavy atom. The molecular weight excluding hydrogens is 286 g/mol. The van der Waals surface area contributed by atoms with Crippen LogP contribution in [0.25, 0.3) is 5.57 Å². The molecule has 1 aromatic heterocycles. The minimum atomic E-state index is -0.332. The Balaban J connectivity index is 1.90. The highest BCUT2D eigenvalue weighted by atomic mass is 32.1. The Labute approximate surface area is 128 Å². The Kier molecular flexibility index (Phi) is 3.40. The average Bonchev–Trinajstić information content (AvgIpc) is 3.02. The molecule has 1 fully saturated rings. The van der Waals surface area contributed by atoms with Crippen molar-refractivity contribution in [1.82, 2.24) is 4.90 Å². The van der Waals surface area contributed by atoms with Gasteiger partial charge in [0.25, 0.3) is 5.91 Å². The number of rotatable bonds is 4. The summed E-state index contributed by atoms with van der Waals surface area (Å²) < 4.78 is 4.97. The SMILES string of the molecule is C=C(C)c1cc2c(s1)C(=O)N(CC(=O)OCC)CC21CC1. The Morgan fingerprint density at radius 2 is 2.24 bits per heavy atom. The van der Waals surface area contributed by atoms with Crippen LogP contribution in [0.2, 0.25) is 0 Å². The van der Waals surface area contributed by atoms with Crippen molar-refractivity contribution in [2.24, 2.45) is 0 Å². The number of allylic oxidation sites excluding steroid dienone is 1. The molecule has 0 aromatic carbocycles. The van der Waals surface area contributed by atoms with Crippen molar-refractivity contribution in [1.29, 1.82) is 0 Å². The molecule has 112 valence electrons. The van der Waals surface area contributed by atoms with Gasteiger partial charge in [0.2, 0.25) is 0 Å². The van der Waals surface area contributed by atoms with Gasteiger partial charge in [0, 0.05) is 16.8 Å². The van der Waals surface area contributed by atoms with Crippen LogP contribution < -0.4 is 0 Å². The predicted octanol–water partition coefficient (Wildman–Crippen LogP) is 2.83. The number of thiophene rings is 1. The number of nitrogens with zero attached hydrogens (tertiary/aromatic N) is 1. The molecule has 2 heterocycles. The van der Waals surface area contributed by atoms with Gasteiger partial charge in [0.05, 0.1) is 11.5 Å². The summed E-state index contributed by atoms with van der Waals surface area (Å²) in [6.07, 6.45) is 2.16. The zero-order chi connectivity index (χ0) is 15.2. The van der Waals surface area contributed by atoms with Crippen LogP contribution in [0.5, 0.6) is 0 Å². The van der Waals surface area contributed by atoms with Gasteiger partial charge in [0.15, 0.2) is 0 Å². The number of carbonyl (C=O) groups excluding carboxylic acids is 2. The quantitative estimate of drug-likeness (QED) is 0.804. The lowest BCUT2D eigenvalue weighted by Gasteiger charge is -2.32. The van der Waals surface area contributed by atoms with Crippen molar-refractivity contribution in [2.45, 2.75) is 32.1 Å². The van der Waals surface area contributed by atoms with E-state index in [0.29, 0.717) is 13.2 Å². The molecule has 1 spiro atoms. The summed E-state index contributed by atoms with van der Waals surface area (Å²) in [5, 5.41) is 0. The Morgan fingerprint density at radius 3 is 2.81 bits per heavy atom. The summed E-state index contributed by atoms with van der Waals surface area (Å²) in [6, 6.07) is 2.12. The lowest BCUT2D eigenvalue weighted by Crippen LogP contribution is -2.45. The molecule has 1 aromatic rings. The van der Waals surface area contributed by atoms with E-state index in [0.717, 1.165) is 33.7 Å². The maximum atomic E-state index is 12.6. The largest absolute Gasteiger partial charge is 0.465 e. The van der Waals surface area contributed by atoms with Crippen LogP contribution in [0.3, 0.4) is 0 Å². The molecule has 0 atom stereocenters. The van der Waals surface area contributed by atoms with E-state index in [9.17, 15) is 9.59 Å². The van der Waals surface area contributed by atoms with Crippen LogP contribution in [0.15, 0.2) is 12.6 Å². The summed E-state index contributed by atoms with van der Waals surface area (Å²) >= 11 is 1.50. The number of ether oxygens (including phenoxy) is 1. The molecule has 1 saturated carbocycles. The third kappa shape index (κ3) is 2.39. The summed E-state index contributed by atoms with van der Waals surface area (Å²) in [6.45, 7) is 8.72. The molecule has 0 bridgehead atoms. The summed E-state index contributed by atoms with van der Waals surface area (Å²) in [5.41, 5.74) is 2.21. The Bertz CT molecular complexity index is 627. The number of fused-ring (bicyclic) bond motifs is 2. The standard InChI is InChI=1S/C16H19NO3S/c1-4-20-13(18)8-17-9-16(5-6-16)11-7-12(10(2)3)21-14(11)15(17)19/h7H,2,4-6,8-9H2,1,3H3. The van der Waals surface area contributed by atoms with Gasteiger partial charge >= 0.3 is 5.97 Å². The fourth-order valence-corrected chi connectivity index (χ4v) is 4.06. The van der Waals surface area contributed by atoms with Gasteiger partial charge in [0.1, 0.15) is 6.54 Å². The van der Waals surface area contributed by atoms with Crippen LogP contribution in [0.4, 0.5) is 0 Å². The van der Waals surface area contributed by atoms with Crippen LogP contribution in [0, 0.1) is 0 Å². The molecule has 21 heavy (non-hydrogen) atoms. The predicted molar refractivity (Wildman–Crippen MR) is 82.5 cm³/mol. The highest BCUT2D eigenvalue weighted by Crippen LogP contribution is 2.54. The van der Waals surface area contributed by atoms with Gasteiger partial charge < -0.3 is 9.64 Å². The minimum Gasteiger partial charge on any atom is -0.465 e. The van der Waals surface area contributed by atoms with E-state index < -0.39 is 0 Å². The monoisotopic (exact) mass is 305 g/mol. The first-order valence-corrected chi connectivity index (χ1v) is 8.03. The highest BCUT2D eigenvalue weighted by molar-refractivity contribution is 7.15. The maximum absolute atomic E-state index is 12.6. The molecular formula is C16H19NO3S. The molecule has 5 heteroatoms. The maximum Gasteiger partial charge on any atom is 0.325 e. The minimum absolute atomic E-state index is 0.0481. The first-order valence-electron chi connectivity index (χ1n) is 7.22. The first-order chi connectivity index (χ1) is 9.97. The number of hydrogen-bond donors (Lipinski definition) is 0. The van der Waals surface area contributed by atoms with Gasteiger partial charge in [-0.3, -0.25) is 9.59 Å². The van der Waals surface area contributed by atoms with Crippen LogP contribution in [0.1, 0.15) is 46.8 Å². The second-order valence-corrected chi connectivity index (χ2v) is 6.93. The van der Waals surface area contributed by atoms with E-state index in [2.05, 4.69) is 12.6 Å². The zero-order valence-electron chi connectivity index (χ0n) is 12.4.